The molecular formula is C24H31N5O4. The minimum absolute atomic E-state index is 0.0918. The lowest BCUT2D eigenvalue weighted by molar-refractivity contribution is -0.130. The molecule has 0 spiro atoms. The van der Waals surface area contributed by atoms with Gasteiger partial charge in [0.05, 0.1) is 19.3 Å². The number of carbonyl (C=O) groups is 3. The number of hydrogen-bond donors (Lipinski definition) is 3. The highest BCUT2D eigenvalue weighted by Gasteiger charge is 2.44. The Kier molecular flexibility index (Phi) is 8.00. The number of likely N-dealkylation sites (tertiary alicyclic amines) is 1. The van der Waals surface area contributed by atoms with Crippen LogP contribution in [-0.4, -0.2) is 61.4 Å². The summed E-state index contributed by atoms with van der Waals surface area (Å²) < 4.78 is 5.38. The lowest BCUT2D eigenvalue weighted by atomic mass is 9.75. The third kappa shape index (κ3) is 5.87. The van der Waals surface area contributed by atoms with Crippen LogP contribution in [0.2, 0.25) is 0 Å². The van der Waals surface area contributed by atoms with E-state index in [2.05, 4.69) is 20.9 Å². The van der Waals surface area contributed by atoms with Gasteiger partial charge in [0, 0.05) is 44.5 Å². The molecule has 1 atom stereocenters. The molecule has 2 heterocycles. The first-order valence-corrected chi connectivity index (χ1v) is 10.9. The molecule has 1 aliphatic heterocycles. The van der Waals surface area contributed by atoms with Gasteiger partial charge in [-0.1, -0.05) is 6.07 Å². The minimum Gasteiger partial charge on any atom is -0.496 e. The van der Waals surface area contributed by atoms with Crippen molar-refractivity contribution in [3.63, 3.8) is 0 Å². The summed E-state index contributed by atoms with van der Waals surface area (Å²) in [6, 6.07) is 10.8. The van der Waals surface area contributed by atoms with Crippen LogP contribution in [0, 0.1) is 0 Å². The molecule has 9 heteroatoms. The van der Waals surface area contributed by atoms with Gasteiger partial charge >= 0.3 is 0 Å². The number of amides is 3. The molecule has 1 fully saturated rings. The molecule has 33 heavy (non-hydrogen) atoms. The van der Waals surface area contributed by atoms with Crippen molar-refractivity contribution in [3.05, 3.63) is 53.9 Å². The lowest BCUT2D eigenvalue weighted by Crippen LogP contribution is -2.56. The zero-order valence-corrected chi connectivity index (χ0v) is 19.3. The smallest absolute Gasteiger partial charge is 0.234 e. The number of likely N-dealkylation sites (N-methyl/N-ethyl adjacent to an activating group) is 1. The van der Waals surface area contributed by atoms with Crippen LogP contribution >= 0.6 is 0 Å². The first-order valence-electron chi connectivity index (χ1n) is 10.9. The number of piperidine rings is 1. The van der Waals surface area contributed by atoms with Gasteiger partial charge in [-0.25, -0.2) is 0 Å². The molecule has 3 rings (SSSR count). The summed E-state index contributed by atoms with van der Waals surface area (Å²) in [5.74, 6) is 0.199. The highest BCUT2D eigenvalue weighted by molar-refractivity contribution is 5.89. The Hall–Kier alpha value is -3.46. The maximum Gasteiger partial charge on any atom is 0.234 e. The van der Waals surface area contributed by atoms with Gasteiger partial charge in [-0.3, -0.25) is 24.3 Å². The molecule has 176 valence electrons. The number of aromatic nitrogens is 1. The summed E-state index contributed by atoms with van der Waals surface area (Å²) >= 11 is 0. The predicted octanol–water partition coefficient (Wildman–Crippen LogP) is 1.44. The second kappa shape index (κ2) is 10.9. The first kappa shape index (κ1) is 24.2. The number of pyridine rings is 1. The van der Waals surface area contributed by atoms with Crippen LogP contribution in [0.5, 0.6) is 5.75 Å². The lowest BCUT2D eigenvalue weighted by Gasteiger charge is -2.40. The third-order valence-electron chi connectivity index (χ3n) is 5.83. The number of nitrogens with one attached hydrogen (secondary N) is 3. The van der Waals surface area contributed by atoms with Gasteiger partial charge in [-0.05, 0) is 49.7 Å². The minimum atomic E-state index is -0.787. The number of rotatable bonds is 8. The fraction of sp³-hybridized carbons (Fsp3) is 0.417. The van der Waals surface area contributed by atoms with Gasteiger partial charge < -0.3 is 20.7 Å². The SMILES string of the molecule is CNC(=O)[C@@]1(c2ccccn2)CCCN(CC(=O)NCc2cc(NC(C)=O)ccc2OC)C1. The van der Waals surface area contributed by atoms with Gasteiger partial charge in [-0.15, -0.1) is 0 Å². The summed E-state index contributed by atoms with van der Waals surface area (Å²) in [6.07, 6.45) is 3.15. The summed E-state index contributed by atoms with van der Waals surface area (Å²) in [4.78, 5) is 43.4. The Labute approximate surface area is 193 Å². The Morgan fingerprint density at radius 1 is 1.21 bits per heavy atom. The maximum absolute atomic E-state index is 12.9. The Balaban J connectivity index is 1.67. The van der Waals surface area contributed by atoms with E-state index < -0.39 is 5.41 Å². The van der Waals surface area contributed by atoms with E-state index in [9.17, 15) is 14.4 Å². The number of anilines is 1. The van der Waals surface area contributed by atoms with Crippen molar-refractivity contribution >= 4 is 23.4 Å². The Morgan fingerprint density at radius 2 is 2.03 bits per heavy atom. The molecule has 1 aromatic carbocycles. The second-order valence-corrected chi connectivity index (χ2v) is 8.17. The monoisotopic (exact) mass is 453 g/mol. The van der Waals surface area contributed by atoms with Crippen LogP contribution in [0.4, 0.5) is 5.69 Å². The number of carbonyl (C=O) groups excluding carboxylic acids is 3. The average molecular weight is 454 g/mol. The highest BCUT2D eigenvalue weighted by Crippen LogP contribution is 2.33. The van der Waals surface area contributed by atoms with Crippen LogP contribution < -0.4 is 20.7 Å². The van der Waals surface area contributed by atoms with Crippen molar-refractivity contribution in [1.82, 2.24) is 20.5 Å². The molecule has 0 aliphatic carbocycles. The maximum atomic E-state index is 12.9. The highest BCUT2D eigenvalue weighted by atomic mass is 16.5. The van der Waals surface area contributed by atoms with Crippen molar-refractivity contribution in [2.75, 3.05) is 39.1 Å². The second-order valence-electron chi connectivity index (χ2n) is 8.17. The zero-order valence-electron chi connectivity index (χ0n) is 19.3. The number of ether oxygens (including phenoxy) is 1. The predicted molar refractivity (Wildman–Crippen MR) is 125 cm³/mol. The van der Waals surface area contributed by atoms with E-state index >= 15 is 0 Å². The number of hydrogen-bond acceptors (Lipinski definition) is 6. The van der Waals surface area contributed by atoms with Crippen LogP contribution in [0.25, 0.3) is 0 Å². The summed E-state index contributed by atoms with van der Waals surface area (Å²) in [5, 5.41) is 8.43. The van der Waals surface area contributed by atoms with Crippen LogP contribution in [0.1, 0.15) is 31.0 Å². The van der Waals surface area contributed by atoms with Gasteiger partial charge in [-0.2, -0.15) is 0 Å². The summed E-state index contributed by atoms with van der Waals surface area (Å²) in [7, 11) is 3.18. The van der Waals surface area contributed by atoms with E-state index in [4.69, 9.17) is 4.74 Å². The molecule has 0 radical (unpaired) electrons. The fourth-order valence-corrected chi connectivity index (χ4v) is 4.33. The van der Waals surface area contributed by atoms with E-state index in [-0.39, 0.29) is 30.8 Å². The van der Waals surface area contributed by atoms with E-state index in [1.165, 1.54) is 6.92 Å². The van der Waals surface area contributed by atoms with Crippen molar-refractivity contribution in [1.29, 1.82) is 0 Å². The molecule has 9 nitrogen and oxygen atoms in total. The molecule has 3 amide bonds. The summed E-state index contributed by atoms with van der Waals surface area (Å²) in [5.41, 5.74) is 1.32. The van der Waals surface area contributed by atoms with Gasteiger partial charge in [0.25, 0.3) is 0 Å². The van der Waals surface area contributed by atoms with Crippen molar-refractivity contribution in [2.45, 2.75) is 31.7 Å². The normalized spacial score (nSPS) is 18.3. The van der Waals surface area contributed by atoms with Gasteiger partial charge in [0.2, 0.25) is 17.7 Å². The van der Waals surface area contributed by atoms with Crippen LogP contribution in [0.3, 0.4) is 0 Å². The van der Waals surface area contributed by atoms with Gasteiger partial charge in [0.1, 0.15) is 11.2 Å². The standard InChI is InChI=1S/C24H31N5O4/c1-17(30)28-19-8-9-20(33-3)18(13-19)14-27-22(31)15-29-12-6-10-24(16-29,23(32)25-2)21-7-4-5-11-26-21/h4-5,7-9,11,13H,6,10,12,14-16H2,1-3H3,(H,25,32)(H,27,31)(H,28,30)/t24-/m0/s1. The largest absolute Gasteiger partial charge is 0.496 e. The van der Waals surface area contributed by atoms with Gasteiger partial charge in [0.15, 0.2) is 0 Å². The number of nitrogens with zero attached hydrogens (tertiary/aromatic N) is 2. The third-order valence-corrected chi connectivity index (χ3v) is 5.83. The number of methoxy groups -OCH3 is 1. The van der Waals surface area contributed by atoms with E-state index in [0.717, 1.165) is 18.5 Å². The average Bonchev–Trinajstić information content (AvgIpc) is 2.82. The van der Waals surface area contributed by atoms with Crippen LogP contribution in [0.15, 0.2) is 42.6 Å². The Morgan fingerprint density at radius 3 is 2.70 bits per heavy atom. The molecular weight excluding hydrogens is 422 g/mol. The molecule has 1 saturated heterocycles. The van der Waals surface area contributed by atoms with Crippen molar-refractivity contribution in [2.24, 2.45) is 0 Å². The topological polar surface area (TPSA) is 113 Å². The summed E-state index contributed by atoms with van der Waals surface area (Å²) in [6.45, 7) is 3.00. The molecule has 2 aromatic rings. The Bertz CT molecular complexity index is 998. The van der Waals surface area contributed by atoms with Crippen molar-refractivity contribution in [3.8, 4) is 5.75 Å². The molecule has 1 aliphatic rings. The van der Waals surface area contributed by atoms with Crippen LogP contribution in [-0.2, 0) is 26.3 Å². The molecule has 0 saturated carbocycles. The zero-order chi connectivity index (χ0) is 23.8. The van der Waals surface area contributed by atoms with E-state index in [1.54, 1.807) is 38.6 Å². The first-order chi connectivity index (χ1) is 15.9. The van der Waals surface area contributed by atoms with E-state index in [1.807, 2.05) is 23.1 Å². The molecule has 0 unspecified atom stereocenters. The fourth-order valence-electron chi connectivity index (χ4n) is 4.33. The molecule has 0 bridgehead atoms. The molecule has 3 N–H and O–H groups in total. The van der Waals surface area contributed by atoms with E-state index in [0.29, 0.717) is 30.1 Å². The number of benzene rings is 1. The molecule has 1 aromatic heterocycles. The quantitative estimate of drug-likeness (QED) is 0.558. The van der Waals surface area contributed by atoms with Crippen molar-refractivity contribution < 1.29 is 19.1 Å².